The van der Waals surface area contributed by atoms with Crippen LogP contribution in [0, 0.1) is 10.1 Å². The fraction of sp³-hybridized carbons (Fsp3) is 0.261. The first-order valence-electron chi connectivity index (χ1n) is 10.5. The van der Waals surface area contributed by atoms with Crippen molar-refractivity contribution < 1.29 is 33.0 Å². The smallest absolute Gasteiger partial charge is 0.333 e. The van der Waals surface area contributed by atoms with Crippen LogP contribution in [-0.2, 0) is 35.7 Å². The summed E-state index contributed by atoms with van der Waals surface area (Å²) < 4.78 is 22.9. The lowest BCUT2D eigenvalue weighted by molar-refractivity contribution is -0.384. The Hall–Kier alpha value is -3.77. The fourth-order valence-corrected chi connectivity index (χ4v) is 4.84. The highest BCUT2D eigenvalue weighted by molar-refractivity contribution is 8.08. The molecule has 0 saturated carbocycles. The van der Waals surface area contributed by atoms with Crippen molar-refractivity contribution in [3.05, 3.63) is 82.4 Å². The van der Waals surface area contributed by atoms with Gasteiger partial charge in [-0.2, -0.15) is 0 Å². The first-order valence-corrected chi connectivity index (χ1v) is 12.6. The van der Waals surface area contributed by atoms with Gasteiger partial charge in [0.1, 0.15) is 28.4 Å². The van der Waals surface area contributed by atoms with Crippen LogP contribution < -0.4 is 10.1 Å². The number of ether oxygens (including phenoxy) is 2. The van der Waals surface area contributed by atoms with Crippen molar-refractivity contribution >= 4 is 44.2 Å². The number of hydrogen-bond acceptors (Lipinski definition) is 8. The number of carbonyl (C=O) groups is 3. The van der Waals surface area contributed by atoms with E-state index in [1.54, 1.807) is 30.3 Å². The van der Waals surface area contributed by atoms with Crippen molar-refractivity contribution in [1.82, 2.24) is 10.2 Å². The molecular weight excluding hydrogens is 514 g/mol. The average Bonchev–Trinajstić information content (AvgIpc) is 2.85. The molecule has 0 aliphatic carbocycles. The van der Waals surface area contributed by atoms with Gasteiger partial charge in [-0.05, 0) is 53.0 Å². The van der Waals surface area contributed by atoms with E-state index in [2.05, 4.69) is 11.9 Å². The van der Waals surface area contributed by atoms with Gasteiger partial charge in [-0.15, -0.1) is 0 Å². The zero-order chi connectivity index (χ0) is 26.4. The van der Waals surface area contributed by atoms with Gasteiger partial charge in [-0.1, -0.05) is 24.8 Å². The van der Waals surface area contributed by atoms with E-state index in [9.17, 15) is 28.7 Å². The molecule has 2 aromatic carbocycles. The molecule has 36 heavy (non-hydrogen) atoms. The Kier molecular flexibility index (Phi) is 8.78. The second-order valence-corrected chi connectivity index (χ2v) is 9.70. The molecule has 11 nitrogen and oxygen atoms in total. The summed E-state index contributed by atoms with van der Waals surface area (Å²) >= 11 is 0. The molecule has 1 fully saturated rings. The highest BCUT2D eigenvalue weighted by Gasteiger charge is 2.56. The van der Waals surface area contributed by atoms with Gasteiger partial charge >= 0.3 is 5.97 Å². The van der Waals surface area contributed by atoms with Gasteiger partial charge in [0, 0.05) is 12.1 Å². The number of para-hydroxylation sites is 1. The standard InChI is InChI=1S/C23H22ClN3O8S/c1-14(2)20(23(30)35-12-15-8-10-16(11-9-15)27(31)32)26-21(29)19(22(26)36(24)33)25-18(28)13-34-17-6-4-3-5-7-17/h3-11,19-20,22H,1,12-13H2,2H3,(H,25,28)/t19-,20?,22-,36?/m1/s1. The molecule has 4 atom stereocenters. The van der Waals surface area contributed by atoms with Gasteiger partial charge in [-0.3, -0.25) is 19.7 Å². The number of nitro benzene ring substituents is 1. The number of halogens is 1. The molecule has 1 heterocycles. The molecule has 0 radical (unpaired) electrons. The van der Waals surface area contributed by atoms with Crippen LogP contribution in [0.15, 0.2) is 66.7 Å². The first-order chi connectivity index (χ1) is 17.1. The van der Waals surface area contributed by atoms with Crippen molar-refractivity contribution in [1.29, 1.82) is 0 Å². The molecule has 190 valence electrons. The number of hydrogen-bond donors (Lipinski definition) is 1. The minimum absolute atomic E-state index is 0.120. The Bertz CT molecular complexity index is 1190. The molecule has 2 unspecified atom stereocenters. The maximum Gasteiger partial charge on any atom is 0.333 e. The SMILES string of the molecule is C=C(C)C(C(=O)OCc1ccc([N+](=O)[O-])cc1)N1C(=O)[C@@H](NC(=O)COc2ccccc2)[C@H]1S(=O)Cl. The third-order valence-electron chi connectivity index (χ3n) is 5.20. The second-order valence-electron chi connectivity index (χ2n) is 7.81. The number of nitrogens with one attached hydrogen (secondary N) is 1. The molecule has 1 aliphatic rings. The van der Waals surface area contributed by atoms with Gasteiger partial charge in [0.15, 0.2) is 18.0 Å². The van der Waals surface area contributed by atoms with Crippen molar-refractivity contribution in [2.45, 2.75) is 31.0 Å². The molecule has 1 N–H and O–H groups in total. The molecule has 0 aromatic heterocycles. The molecular formula is C23H22ClN3O8S. The van der Waals surface area contributed by atoms with E-state index in [1.807, 2.05) is 0 Å². The highest BCUT2D eigenvalue weighted by atomic mass is 35.7. The molecule has 1 aliphatic heterocycles. The van der Waals surface area contributed by atoms with Crippen LogP contribution in [0.2, 0.25) is 0 Å². The molecule has 1 saturated heterocycles. The van der Waals surface area contributed by atoms with Gasteiger partial charge in [0.05, 0.1) is 4.92 Å². The lowest BCUT2D eigenvalue weighted by Crippen LogP contribution is -2.75. The summed E-state index contributed by atoms with van der Waals surface area (Å²) in [6, 6.07) is 11.4. The second kappa shape index (κ2) is 11.8. The normalized spacial score (nSPS) is 18.4. The molecule has 3 rings (SSSR count). The van der Waals surface area contributed by atoms with Crippen LogP contribution in [-0.4, -0.2) is 55.9 Å². The van der Waals surface area contributed by atoms with Crippen molar-refractivity contribution in [2.24, 2.45) is 0 Å². The van der Waals surface area contributed by atoms with Gasteiger partial charge in [-0.25, -0.2) is 9.00 Å². The lowest BCUT2D eigenvalue weighted by Gasteiger charge is -2.48. The third-order valence-corrected chi connectivity index (χ3v) is 6.62. The van der Waals surface area contributed by atoms with Crippen LogP contribution in [0.3, 0.4) is 0 Å². The van der Waals surface area contributed by atoms with Crippen LogP contribution in [0.25, 0.3) is 0 Å². The molecule has 2 amide bonds. The van der Waals surface area contributed by atoms with Crippen LogP contribution in [0.4, 0.5) is 5.69 Å². The quantitative estimate of drug-likeness (QED) is 0.115. The number of amides is 2. The van der Waals surface area contributed by atoms with Crippen molar-refractivity contribution in [2.75, 3.05) is 6.61 Å². The Labute approximate surface area is 213 Å². The summed E-state index contributed by atoms with van der Waals surface area (Å²) in [7, 11) is 3.66. The number of likely N-dealkylation sites (tertiary alicyclic amines) is 1. The fourth-order valence-electron chi connectivity index (χ4n) is 3.47. The van der Waals surface area contributed by atoms with Gasteiger partial charge in [0.25, 0.3) is 11.6 Å². The summed E-state index contributed by atoms with van der Waals surface area (Å²) in [5, 5.41) is 12.0. The van der Waals surface area contributed by atoms with Crippen LogP contribution >= 0.6 is 10.7 Å². The summed E-state index contributed by atoms with van der Waals surface area (Å²) in [4.78, 5) is 49.2. The minimum atomic E-state index is -2.15. The van der Waals surface area contributed by atoms with Gasteiger partial charge < -0.3 is 19.7 Å². The highest BCUT2D eigenvalue weighted by Crippen LogP contribution is 2.31. The predicted octanol–water partition coefficient (Wildman–Crippen LogP) is 2.22. The largest absolute Gasteiger partial charge is 0.484 e. The molecule has 0 bridgehead atoms. The summed E-state index contributed by atoms with van der Waals surface area (Å²) in [5.74, 6) is -1.75. The zero-order valence-corrected chi connectivity index (χ0v) is 20.6. The number of nitro groups is 1. The lowest BCUT2D eigenvalue weighted by atomic mass is 9.99. The number of rotatable bonds is 11. The first kappa shape index (κ1) is 26.8. The van der Waals surface area contributed by atoms with Crippen LogP contribution in [0.1, 0.15) is 12.5 Å². The zero-order valence-electron chi connectivity index (χ0n) is 19.0. The maximum atomic E-state index is 12.9. The van der Waals surface area contributed by atoms with E-state index in [0.29, 0.717) is 11.3 Å². The van der Waals surface area contributed by atoms with Crippen molar-refractivity contribution in [3.8, 4) is 5.75 Å². The Morgan fingerprint density at radius 2 is 1.86 bits per heavy atom. The van der Waals surface area contributed by atoms with E-state index in [0.717, 1.165) is 4.90 Å². The monoisotopic (exact) mass is 535 g/mol. The third kappa shape index (κ3) is 6.26. The van der Waals surface area contributed by atoms with E-state index in [1.165, 1.54) is 31.2 Å². The number of esters is 1. The number of non-ortho nitro benzene ring substituents is 1. The molecule has 2 aromatic rings. The topological polar surface area (TPSA) is 145 Å². The van der Waals surface area contributed by atoms with Gasteiger partial charge in [0.2, 0.25) is 5.91 Å². The van der Waals surface area contributed by atoms with E-state index >= 15 is 0 Å². The van der Waals surface area contributed by atoms with Crippen LogP contribution in [0.5, 0.6) is 5.75 Å². The number of β-lactam (4-membered cyclic amide) rings is 1. The summed E-state index contributed by atoms with van der Waals surface area (Å²) in [6.45, 7) is 4.59. The molecule has 13 heteroatoms. The summed E-state index contributed by atoms with van der Waals surface area (Å²) in [5.41, 5.74) is 0.581. The maximum absolute atomic E-state index is 12.9. The molecule has 0 spiro atoms. The minimum Gasteiger partial charge on any atom is -0.484 e. The number of nitrogens with zero attached hydrogens (tertiary/aromatic N) is 2. The van der Waals surface area contributed by atoms with Crippen molar-refractivity contribution in [3.63, 3.8) is 0 Å². The summed E-state index contributed by atoms with van der Waals surface area (Å²) in [6.07, 6.45) is 0. The number of benzene rings is 2. The van der Waals surface area contributed by atoms with E-state index < -0.39 is 56.8 Å². The Balaban J connectivity index is 1.64. The Morgan fingerprint density at radius 1 is 1.22 bits per heavy atom. The predicted molar refractivity (Wildman–Crippen MR) is 130 cm³/mol. The van der Waals surface area contributed by atoms with E-state index in [4.69, 9.17) is 20.2 Å². The number of carbonyl (C=O) groups excluding carboxylic acids is 3. The average molecular weight is 536 g/mol. The Morgan fingerprint density at radius 3 is 2.42 bits per heavy atom. The van der Waals surface area contributed by atoms with E-state index in [-0.39, 0.29) is 17.9 Å².